The number of nitrogens with zero attached hydrogens (tertiary/aromatic N) is 1. The normalized spacial score (nSPS) is 14.7. The number of halogens is 1. The molecule has 3 aromatic rings. The molecular formula is C26H22BrNO4S. The van der Waals surface area contributed by atoms with E-state index in [-0.39, 0.29) is 11.1 Å². The minimum Gasteiger partial charge on any atom is -0.493 e. The van der Waals surface area contributed by atoms with Gasteiger partial charge in [-0.1, -0.05) is 64.5 Å². The molecule has 0 saturated carbocycles. The van der Waals surface area contributed by atoms with Crippen molar-refractivity contribution in [1.29, 1.82) is 0 Å². The van der Waals surface area contributed by atoms with Crippen LogP contribution in [0.5, 0.6) is 11.5 Å². The van der Waals surface area contributed by atoms with Crippen molar-refractivity contribution in [1.82, 2.24) is 4.90 Å². The van der Waals surface area contributed by atoms with Crippen molar-refractivity contribution < 1.29 is 19.1 Å². The molecule has 3 aromatic carbocycles. The summed E-state index contributed by atoms with van der Waals surface area (Å²) in [6, 6.07) is 23.2. The average Bonchev–Trinajstić information content (AvgIpc) is 3.10. The Balaban J connectivity index is 1.43. The quantitative estimate of drug-likeness (QED) is 0.323. The standard InChI is InChI=1S/C26H22BrNO4S/c1-31-23-15-20(9-12-22(23)32-17-19-7-10-21(27)11-8-19)16-24-25(29)28(26(30)33-24)14-13-18-5-3-2-4-6-18/h2-12,15-16H,13-14,17H2,1H3/b24-16-. The lowest BCUT2D eigenvalue weighted by Crippen LogP contribution is -2.30. The van der Waals surface area contributed by atoms with Crippen LogP contribution in [0.15, 0.2) is 82.2 Å². The summed E-state index contributed by atoms with van der Waals surface area (Å²) in [5.74, 6) is 0.896. The Labute approximate surface area is 205 Å². The van der Waals surface area contributed by atoms with Crippen LogP contribution in [-0.2, 0) is 17.8 Å². The lowest BCUT2D eigenvalue weighted by atomic mass is 10.1. The molecule has 0 unspecified atom stereocenters. The Morgan fingerprint density at radius 3 is 2.42 bits per heavy atom. The van der Waals surface area contributed by atoms with Crippen LogP contribution < -0.4 is 9.47 Å². The number of rotatable bonds is 8. The molecule has 2 amide bonds. The molecule has 33 heavy (non-hydrogen) atoms. The second kappa shape index (κ2) is 10.7. The maximum atomic E-state index is 12.8. The van der Waals surface area contributed by atoms with Gasteiger partial charge in [-0.15, -0.1) is 0 Å². The molecule has 1 saturated heterocycles. The number of hydrogen-bond acceptors (Lipinski definition) is 5. The molecule has 168 valence electrons. The number of hydrogen-bond donors (Lipinski definition) is 0. The van der Waals surface area contributed by atoms with Crippen LogP contribution in [-0.4, -0.2) is 29.7 Å². The van der Waals surface area contributed by atoms with E-state index in [0.717, 1.165) is 32.9 Å². The number of imide groups is 1. The minimum atomic E-state index is -0.268. The molecule has 0 aromatic heterocycles. The molecule has 0 aliphatic carbocycles. The van der Waals surface area contributed by atoms with Gasteiger partial charge in [0.1, 0.15) is 6.61 Å². The van der Waals surface area contributed by atoms with Gasteiger partial charge in [-0.05, 0) is 65.2 Å². The first kappa shape index (κ1) is 23.1. The van der Waals surface area contributed by atoms with Crippen molar-refractivity contribution in [2.75, 3.05) is 13.7 Å². The second-order valence-electron chi connectivity index (χ2n) is 7.39. The van der Waals surface area contributed by atoms with Crippen molar-refractivity contribution in [2.45, 2.75) is 13.0 Å². The highest BCUT2D eigenvalue weighted by atomic mass is 79.9. The first-order chi connectivity index (χ1) is 16.0. The van der Waals surface area contributed by atoms with Crippen molar-refractivity contribution >= 4 is 44.9 Å². The topological polar surface area (TPSA) is 55.8 Å². The predicted molar refractivity (Wildman–Crippen MR) is 134 cm³/mol. The van der Waals surface area contributed by atoms with Crippen LogP contribution in [0, 0.1) is 0 Å². The van der Waals surface area contributed by atoms with E-state index in [9.17, 15) is 9.59 Å². The summed E-state index contributed by atoms with van der Waals surface area (Å²) in [6.45, 7) is 0.765. The second-order valence-corrected chi connectivity index (χ2v) is 9.30. The molecule has 4 rings (SSSR count). The summed E-state index contributed by atoms with van der Waals surface area (Å²) < 4.78 is 12.4. The number of methoxy groups -OCH3 is 1. The first-order valence-corrected chi connectivity index (χ1v) is 12.0. The molecule has 5 nitrogen and oxygen atoms in total. The third kappa shape index (κ3) is 5.86. The zero-order valence-electron chi connectivity index (χ0n) is 18.0. The monoisotopic (exact) mass is 523 g/mol. The summed E-state index contributed by atoms with van der Waals surface area (Å²) in [7, 11) is 1.57. The molecule has 0 spiro atoms. The van der Waals surface area contributed by atoms with E-state index in [2.05, 4.69) is 15.9 Å². The fourth-order valence-electron chi connectivity index (χ4n) is 3.36. The highest BCUT2D eigenvalue weighted by Gasteiger charge is 2.34. The number of amides is 2. The van der Waals surface area contributed by atoms with Gasteiger partial charge in [0.15, 0.2) is 11.5 Å². The van der Waals surface area contributed by atoms with Crippen LogP contribution in [0.25, 0.3) is 6.08 Å². The van der Waals surface area contributed by atoms with Crippen LogP contribution >= 0.6 is 27.7 Å². The summed E-state index contributed by atoms with van der Waals surface area (Å²) in [6.07, 6.45) is 2.35. The molecule has 1 heterocycles. The Bertz CT molecular complexity index is 1180. The smallest absolute Gasteiger partial charge is 0.293 e. The zero-order chi connectivity index (χ0) is 23.2. The summed E-state index contributed by atoms with van der Waals surface area (Å²) in [4.78, 5) is 26.9. The molecule has 0 bridgehead atoms. The van der Waals surface area contributed by atoms with Crippen LogP contribution in [0.1, 0.15) is 16.7 Å². The molecular weight excluding hydrogens is 502 g/mol. The van der Waals surface area contributed by atoms with E-state index >= 15 is 0 Å². The van der Waals surface area contributed by atoms with Gasteiger partial charge in [0.2, 0.25) is 0 Å². The molecule has 7 heteroatoms. The highest BCUT2D eigenvalue weighted by molar-refractivity contribution is 9.10. The van der Waals surface area contributed by atoms with E-state index < -0.39 is 0 Å². The van der Waals surface area contributed by atoms with Gasteiger partial charge in [-0.25, -0.2) is 0 Å². The van der Waals surface area contributed by atoms with Gasteiger partial charge >= 0.3 is 0 Å². The zero-order valence-corrected chi connectivity index (χ0v) is 20.4. The van der Waals surface area contributed by atoms with Crippen molar-refractivity contribution in [2.24, 2.45) is 0 Å². The summed E-state index contributed by atoms with van der Waals surface area (Å²) in [5.41, 5.74) is 2.88. The van der Waals surface area contributed by atoms with Crippen LogP contribution in [0.2, 0.25) is 0 Å². The third-order valence-electron chi connectivity index (χ3n) is 5.13. The number of carbonyl (C=O) groups is 2. The van der Waals surface area contributed by atoms with Gasteiger partial charge in [-0.2, -0.15) is 0 Å². The van der Waals surface area contributed by atoms with Gasteiger partial charge < -0.3 is 9.47 Å². The molecule has 0 radical (unpaired) electrons. The van der Waals surface area contributed by atoms with Gasteiger partial charge in [0.25, 0.3) is 11.1 Å². The maximum absolute atomic E-state index is 12.8. The Kier molecular flexibility index (Phi) is 7.52. The van der Waals surface area contributed by atoms with E-state index in [0.29, 0.717) is 36.0 Å². The molecule has 1 aliphatic rings. The first-order valence-electron chi connectivity index (χ1n) is 10.4. The van der Waals surface area contributed by atoms with Gasteiger partial charge in [0, 0.05) is 11.0 Å². The maximum Gasteiger partial charge on any atom is 0.293 e. The number of thioether (sulfide) groups is 1. The number of carbonyl (C=O) groups excluding carboxylic acids is 2. The molecule has 0 atom stereocenters. The van der Waals surface area contributed by atoms with Crippen LogP contribution in [0.3, 0.4) is 0 Å². The molecule has 1 aliphatic heterocycles. The van der Waals surface area contributed by atoms with Crippen LogP contribution in [0.4, 0.5) is 4.79 Å². The SMILES string of the molecule is COc1cc(/C=C2\SC(=O)N(CCc3ccccc3)C2=O)ccc1OCc1ccc(Br)cc1. The fourth-order valence-corrected chi connectivity index (χ4v) is 4.49. The van der Waals surface area contributed by atoms with Crippen molar-refractivity contribution in [3.05, 3.63) is 98.9 Å². The van der Waals surface area contributed by atoms with Gasteiger partial charge in [-0.3, -0.25) is 14.5 Å². The largest absolute Gasteiger partial charge is 0.493 e. The van der Waals surface area contributed by atoms with E-state index in [1.165, 1.54) is 4.90 Å². The average molecular weight is 524 g/mol. The summed E-state index contributed by atoms with van der Waals surface area (Å²) >= 11 is 4.38. The van der Waals surface area contributed by atoms with E-state index in [1.807, 2.05) is 66.7 Å². The fraction of sp³-hybridized carbons (Fsp3) is 0.154. The lowest BCUT2D eigenvalue weighted by Gasteiger charge is -2.12. The molecule has 0 N–H and O–H groups in total. The van der Waals surface area contributed by atoms with Crippen molar-refractivity contribution in [3.63, 3.8) is 0 Å². The Morgan fingerprint density at radius 1 is 0.939 bits per heavy atom. The van der Waals surface area contributed by atoms with E-state index in [1.54, 1.807) is 19.3 Å². The predicted octanol–water partition coefficient (Wildman–Crippen LogP) is 6.32. The Morgan fingerprint density at radius 2 is 1.70 bits per heavy atom. The highest BCUT2D eigenvalue weighted by Crippen LogP contribution is 2.35. The lowest BCUT2D eigenvalue weighted by molar-refractivity contribution is -0.122. The Hall–Kier alpha value is -3.03. The number of benzene rings is 3. The third-order valence-corrected chi connectivity index (χ3v) is 6.57. The number of ether oxygens (including phenoxy) is 2. The van der Waals surface area contributed by atoms with Crippen molar-refractivity contribution in [3.8, 4) is 11.5 Å². The molecule has 1 fully saturated rings. The van der Waals surface area contributed by atoms with Gasteiger partial charge in [0.05, 0.1) is 12.0 Å². The van der Waals surface area contributed by atoms with E-state index in [4.69, 9.17) is 9.47 Å². The summed E-state index contributed by atoms with van der Waals surface area (Å²) in [5, 5.41) is -0.247. The minimum absolute atomic E-state index is 0.247.